The maximum atomic E-state index is 12.7. The number of unbranched alkanes of at least 4 members (excludes halogenated alkanes) is 35. The van der Waals surface area contributed by atoms with Crippen LogP contribution in [0.5, 0.6) is 0 Å². The Labute approximate surface area is 367 Å². The number of ether oxygens (including phenoxy) is 3. The normalized spacial score (nSPS) is 12.0. The molecule has 0 saturated carbocycles. The van der Waals surface area contributed by atoms with Crippen LogP contribution in [0.3, 0.4) is 0 Å². The first-order valence-electron chi connectivity index (χ1n) is 26.2. The maximum absolute atomic E-state index is 12.7. The van der Waals surface area contributed by atoms with Crippen LogP contribution in [0.1, 0.15) is 290 Å². The molecule has 0 aliphatic carbocycles. The van der Waals surface area contributed by atoms with Gasteiger partial charge in [-0.2, -0.15) is 0 Å². The molecule has 6 nitrogen and oxygen atoms in total. The van der Waals surface area contributed by atoms with Crippen molar-refractivity contribution in [2.75, 3.05) is 13.2 Å². The Morgan fingerprint density at radius 2 is 0.559 bits per heavy atom. The second-order valence-electron chi connectivity index (χ2n) is 17.8. The Morgan fingerprint density at radius 3 is 0.847 bits per heavy atom. The van der Waals surface area contributed by atoms with Crippen LogP contribution >= 0.6 is 0 Å². The Balaban J connectivity index is 4.10. The molecule has 0 heterocycles. The first-order valence-corrected chi connectivity index (χ1v) is 26.2. The molecule has 6 heteroatoms. The molecular formula is C53H100O6. The third-order valence-corrected chi connectivity index (χ3v) is 11.8. The molecule has 0 rings (SSSR count). The third kappa shape index (κ3) is 47.1. The van der Waals surface area contributed by atoms with Gasteiger partial charge in [0, 0.05) is 19.3 Å². The Bertz CT molecular complexity index is 916. The summed E-state index contributed by atoms with van der Waals surface area (Å²) < 4.78 is 16.7. The van der Waals surface area contributed by atoms with E-state index in [2.05, 4.69) is 32.9 Å². The molecule has 0 aliphatic rings. The third-order valence-electron chi connectivity index (χ3n) is 11.8. The summed E-state index contributed by atoms with van der Waals surface area (Å²) in [5.74, 6) is -0.859. The van der Waals surface area contributed by atoms with Gasteiger partial charge in [-0.1, -0.05) is 238 Å². The van der Waals surface area contributed by atoms with Crippen LogP contribution in [0.25, 0.3) is 0 Å². The summed E-state index contributed by atoms with van der Waals surface area (Å²) >= 11 is 0. The lowest BCUT2D eigenvalue weighted by Gasteiger charge is -2.18. The molecule has 0 fully saturated rings. The lowest BCUT2D eigenvalue weighted by Crippen LogP contribution is -2.30. The quantitative estimate of drug-likeness (QED) is 0.0263. The van der Waals surface area contributed by atoms with Gasteiger partial charge >= 0.3 is 17.9 Å². The van der Waals surface area contributed by atoms with Crippen molar-refractivity contribution in [3.63, 3.8) is 0 Å². The van der Waals surface area contributed by atoms with Gasteiger partial charge in [0.05, 0.1) is 0 Å². The zero-order valence-electron chi connectivity index (χ0n) is 39.8. The SMILES string of the molecule is CCCCCCCCCC/C=C\CCCCCCCCCCCCCC(=O)OCC(COC(=O)CCCCCCCCCC)OC(=O)CCCCCCCCCCCC. The number of rotatable bonds is 48. The number of esters is 3. The van der Waals surface area contributed by atoms with Crippen LogP contribution in [-0.2, 0) is 28.6 Å². The highest BCUT2D eigenvalue weighted by molar-refractivity contribution is 5.71. The molecule has 0 amide bonds. The number of hydrogen-bond acceptors (Lipinski definition) is 6. The highest BCUT2D eigenvalue weighted by Gasteiger charge is 2.19. The van der Waals surface area contributed by atoms with Gasteiger partial charge in [0.1, 0.15) is 13.2 Å². The molecule has 1 atom stereocenters. The summed E-state index contributed by atoms with van der Waals surface area (Å²) in [5.41, 5.74) is 0. The van der Waals surface area contributed by atoms with Crippen molar-refractivity contribution in [1.29, 1.82) is 0 Å². The first-order chi connectivity index (χ1) is 29.0. The second-order valence-corrected chi connectivity index (χ2v) is 17.8. The summed E-state index contributed by atoms with van der Waals surface area (Å²) in [6.07, 6.45) is 53.6. The van der Waals surface area contributed by atoms with Gasteiger partial charge in [0.2, 0.25) is 0 Å². The summed E-state index contributed by atoms with van der Waals surface area (Å²) in [7, 11) is 0. The molecule has 0 bridgehead atoms. The van der Waals surface area contributed by atoms with E-state index in [1.165, 1.54) is 193 Å². The molecular weight excluding hydrogens is 733 g/mol. The van der Waals surface area contributed by atoms with E-state index in [9.17, 15) is 14.4 Å². The standard InChI is InChI=1S/C53H100O6/c1-4-7-10-13-16-19-21-22-23-24-25-26-27-28-29-30-31-32-33-35-37-40-43-46-52(55)58-49-50(48-57-51(54)45-42-39-36-18-15-12-9-6-3)59-53(56)47-44-41-38-34-20-17-14-11-8-5-2/h24-25,50H,4-23,26-49H2,1-3H3/b25-24-. The lowest BCUT2D eigenvalue weighted by molar-refractivity contribution is -0.167. The van der Waals surface area contributed by atoms with E-state index in [4.69, 9.17) is 14.2 Å². The zero-order chi connectivity index (χ0) is 43.0. The maximum Gasteiger partial charge on any atom is 0.306 e. The van der Waals surface area contributed by atoms with Crippen molar-refractivity contribution in [3.8, 4) is 0 Å². The molecule has 0 aromatic rings. The van der Waals surface area contributed by atoms with Crippen molar-refractivity contribution in [1.82, 2.24) is 0 Å². The topological polar surface area (TPSA) is 78.9 Å². The van der Waals surface area contributed by atoms with E-state index in [-0.39, 0.29) is 31.1 Å². The minimum Gasteiger partial charge on any atom is -0.462 e. The van der Waals surface area contributed by atoms with E-state index in [0.717, 1.165) is 57.8 Å². The molecule has 0 saturated heterocycles. The van der Waals surface area contributed by atoms with Gasteiger partial charge in [-0.15, -0.1) is 0 Å². The van der Waals surface area contributed by atoms with Gasteiger partial charge in [0.25, 0.3) is 0 Å². The van der Waals surface area contributed by atoms with Gasteiger partial charge in [-0.25, -0.2) is 0 Å². The molecule has 1 unspecified atom stereocenters. The summed E-state index contributed by atoms with van der Waals surface area (Å²) in [6, 6.07) is 0. The second kappa shape index (κ2) is 48.8. The van der Waals surface area contributed by atoms with Gasteiger partial charge in [-0.05, 0) is 44.9 Å². The summed E-state index contributed by atoms with van der Waals surface area (Å²) in [5, 5.41) is 0. The van der Waals surface area contributed by atoms with Crippen LogP contribution in [0.15, 0.2) is 12.2 Å². The Morgan fingerprint density at radius 1 is 0.322 bits per heavy atom. The van der Waals surface area contributed by atoms with Crippen LogP contribution in [0.2, 0.25) is 0 Å². The smallest absolute Gasteiger partial charge is 0.306 e. The number of carbonyl (C=O) groups is 3. The van der Waals surface area contributed by atoms with Crippen LogP contribution < -0.4 is 0 Å². The highest BCUT2D eigenvalue weighted by Crippen LogP contribution is 2.16. The monoisotopic (exact) mass is 833 g/mol. The van der Waals surface area contributed by atoms with Crippen molar-refractivity contribution in [3.05, 3.63) is 12.2 Å². The average Bonchev–Trinajstić information content (AvgIpc) is 3.23. The Kier molecular flexibility index (Phi) is 47.3. The van der Waals surface area contributed by atoms with Crippen molar-refractivity contribution in [2.45, 2.75) is 297 Å². The number of carbonyl (C=O) groups excluding carboxylic acids is 3. The largest absolute Gasteiger partial charge is 0.462 e. The van der Waals surface area contributed by atoms with E-state index >= 15 is 0 Å². The average molecular weight is 833 g/mol. The van der Waals surface area contributed by atoms with Gasteiger partial charge in [0.15, 0.2) is 6.10 Å². The van der Waals surface area contributed by atoms with E-state index in [0.29, 0.717) is 19.3 Å². The molecule has 0 N–H and O–H groups in total. The predicted molar refractivity (Wildman–Crippen MR) is 252 cm³/mol. The molecule has 0 aromatic carbocycles. The molecule has 0 aromatic heterocycles. The highest BCUT2D eigenvalue weighted by atomic mass is 16.6. The van der Waals surface area contributed by atoms with Crippen LogP contribution in [-0.4, -0.2) is 37.2 Å². The molecule has 0 aliphatic heterocycles. The molecule has 348 valence electrons. The summed E-state index contributed by atoms with van der Waals surface area (Å²) in [4.78, 5) is 37.7. The molecule has 0 spiro atoms. The Hall–Kier alpha value is -1.85. The number of hydrogen-bond donors (Lipinski definition) is 0. The fraction of sp³-hybridized carbons (Fsp3) is 0.906. The predicted octanol–water partition coefficient (Wildman–Crippen LogP) is 17.0. The molecule has 59 heavy (non-hydrogen) atoms. The van der Waals surface area contributed by atoms with Crippen molar-refractivity contribution >= 4 is 17.9 Å². The van der Waals surface area contributed by atoms with E-state index < -0.39 is 6.10 Å². The minimum absolute atomic E-state index is 0.0658. The minimum atomic E-state index is -0.761. The van der Waals surface area contributed by atoms with Crippen LogP contribution in [0, 0.1) is 0 Å². The van der Waals surface area contributed by atoms with Crippen molar-refractivity contribution < 1.29 is 28.6 Å². The van der Waals surface area contributed by atoms with Crippen LogP contribution in [0.4, 0.5) is 0 Å². The fourth-order valence-corrected chi connectivity index (χ4v) is 7.79. The fourth-order valence-electron chi connectivity index (χ4n) is 7.79. The lowest BCUT2D eigenvalue weighted by atomic mass is 10.0. The van der Waals surface area contributed by atoms with Crippen molar-refractivity contribution in [2.24, 2.45) is 0 Å². The first kappa shape index (κ1) is 57.1. The number of allylic oxidation sites excluding steroid dienone is 2. The molecule has 0 radical (unpaired) electrons. The zero-order valence-corrected chi connectivity index (χ0v) is 39.8. The van der Waals surface area contributed by atoms with Gasteiger partial charge < -0.3 is 14.2 Å². The van der Waals surface area contributed by atoms with Gasteiger partial charge in [-0.3, -0.25) is 14.4 Å². The summed E-state index contributed by atoms with van der Waals surface area (Å²) in [6.45, 7) is 6.62. The van der Waals surface area contributed by atoms with E-state index in [1.807, 2.05) is 0 Å². The van der Waals surface area contributed by atoms with E-state index in [1.54, 1.807) is 0 Å².